The van der Waals surface area contributed by atoms with Gasteiger partial charge in [-0.25, -0.2) is 4.79 Å². The Morgan fingerprint density at radius 1 is 1.14 bits per heavy atom. The van der Waals surface area contributed by atoms with Gasteiger partial charge in [-0.15, -0.1) is 0 Å². The second kappa shape index (κ2) is 5.32. The van der Waals surface area contributed by atoms with E-state index in [0.29, 0.717) is 5.57 Å². The maximum absolute atomic E-state index is 11.5. The van der Waals surface area contributed by atoms with E-state index in [1.54, 1.807) is 36.9 Å². The Bertz CT molecular complexity index is 715. The minimum absolute atomic E-state index is 0.707. The molecule has 104 valence electrons. The third kappa shape index (κ3) is 2.60. The van der Waals surface area contributed by atoms with Gasteiger partial charge in [-0.05, 0) is 35.3 Å². The summed E-state index contributed by atoms with van der Waals surface area (Å²) in [5.74, 6) is -0.948. The van der Waals surface area contributed by atoms with Crippen LogP contribution in [-0.4, -0.2) is 29.0 Å². The number of hydrogen-bond acceptors (Lipinski definition) is 3. The van der Waals surface area contributed by atoms with Crippen LogP contribution in [-0.2, 0) is 4.79 Å². The van der Waals surface area contributed by atoms with Crippen LogP contribution in [0.25, 0.3) is 0 Å². The molecule has 0 aromatic heterocycles. The fraction of sp³-hybridized carbons (Fsp3) is 0.118. The van der Waals surface area contributed by atoms with E-state index in [4.69, 9.17) is 0 Å². The molecule has 0 fully saturated rings. The third-order valence-electron chi connectivity index (χ3n) is 3.47. The molecule has 1 aliphatic heterocycles. The summed E-state index contributed by atoms with van der Waals surface area (Å²) in [4.78, 5) is 20.0. The number of hydrogen-bond donors (Lipinski definition) is 1. The summed E-state index contributed by atoms with van der Waals surface area (Å²) < 4.78 is 0. The van der Waals surface area contributed by atoms with E-state index in [2.05, 4.69) is 9.98 Å². The Hall–Kier alpha value is -2.75. The van der Waals surface area contributed by atoms with Crippen LogP contribution in [0.5, 0.6) is 0 Å². The lowest BCUT2D eigenvalue weighted by atomic mass is 10.1. The van der Waals surface area contributed by atoms with E-state index in [0.717, 1.165) is 17.6 Å². The van der Waals surface area contributed by atoms with Crippen LogP contribution in [0, 0.1) is 0 Å². The summed E-state index contributed by atoms with van der Waals surface area (Å²) in [6.07, 6.45) is 20.6. The first-order valence-electron chi connectivity index (χ1n) is 6.67. The normalized spacial score (nSPS) is 31.0. The molecule has 0 spiro atoms. The highest BCUT2D eigenvalue weighted by atomic mass is 16.4. The van der Waals surface area contributed by atoms with Crippen molar-refractivity contribution in [3.63, 3.8) is 0 Å². The van der Waals surface area contributed by atoms with E-state index < -0.39 is 11.5 Å². The van der Waals surface area contributed by atoms with Crippen LogP contribution in [0.2, 0.25) is 0 Å². The second-order valence-electron chi connectivity index (χ2n) is 4.88. The number of aliphatic carboxylic acids is 1. The number of nitrogens with zero attached hydrogens (tertiary/aromatic N) is 2. The molecule has 0 aromatic rings. The summed E-state index contributed by atoms with van der Waals surface area (Å²) in [6, 6.07) is 0. The highest BCUT2D eigenvalue weighted by Crippen LogP contribution is 2.40. The molecular formula is C17H14N2O2. The van der Waals surface area contributed by atoms with Gasteiger partial charge in [-0.2, -0.15) is 0 Å². The van der Waals surface area contributed by atoms with E-state index in [9.17, 15) is 9.90 Å². The molecule has 1 atom stereocenters. The van der Waals surface area contributed by atoms with Gasteiger partial charge in [0.2, 0.25) is 5.54 Å². The van der Waals surface area contributed by atoms with Crippen LogP contribution in [0.15, 0.2) is 81.5 Å². The average Bonchev–Trinajstić information content (AvgIpc) is 3.00. The zero-order valence-electron chi connectivity index (χ0n) is 11.3. The molecule has 1 N–H and O–H groups in total. The van der Waals surface area contributed by atoms with Crippen LogP contribution in [0.3, 0.4) is 0 Å². The van der Waals surface area contributed by atoms with Crippen molar-refractivity contribution >= 4 is 18.4 Å². The molecule has 21 heavy (non-hydrogen) atoms. The molecule has 0 radical (unpaired) electrons. The Labute approximate surface area is 122 Å². The largest absolute Gasteiger partial charge is 0.479 e. The highest BCUT2D eigenvalue weighted by Gasteiger charge is 2.49. The molecule has 0 saturated heterocycles. The van der Waals surface area contributed by atoms with Crippen molar-refractivity contribution in [1.29, 1.82) is 0 Å². The maximum Gasteiger partial charge on any atom is 0.340 e. The Kier molecular flexibility index (Phi) is 3.36. The van der Waals surface area contributed by atoms with Gasteiger partial charge >= 0.3 is 5.97 Å². The van der Waals surface area contributed by atoms with E-state index in [1.165, 1.54) is 0 Å². The van der Waals surface area contributed by atoms with Crippen molar-refractivity contribution in [2.45, 2.75) is 12.0 Å². The topological polar surface area (TPSA) is 62.0 Å². The number of aliphatic imine (C=N–C) groups is 2. The fourth-order valence-electron chi connectivity index (χ4n) is 2.20. The molecule has 0 aromatic carbocycles. The predicted octanol–water partition coefficient (Wildman–Crippen LogP) is 2.79. The zero-order valence-corrected chi connectivity index (χ0v) is 11.3. The Morgan fingerprint density at radius 3 is 2.86 bits per heavy atom. The van der Waals surface area contributed by atoms with Gasteiger partial charge in [0.15, 0.2) is 0 Å². The zero-order chi connectivity index (χ0) is 14.7. The summed E-state index contributed by atoms with van der Waals surface area (Å²) in [7, 11) is 0. The van der Waals surface area contributed by atoms with Crippen LogP contribution in [0.1, 0.15) is 6.42 Å². The van der Waals surface area contributed by atoms with E-state index in [-0.39, 0.29) is 0 Å². The molecule has 0 saturated carbocycles. The first kappa shape index (κ1) is 13.2. The van der Waals surface area contributed by atoms with Crippen molar-refractivity contribution in [3.05, 3.63) is 71.5 Å². The lowest BCUT2D eigenvalue weighted by Gasteiger charge is -2.06. The number of allylic oxidation sites excluding steroid dienone is 8. The molecule has 3 aliphatic rings. The van der Waals surface area contributed by atoms with Crippen molar-refractivity contribution in [3.8, 4) is 0 Å². The average molecular weight is 278 g/mol. The van der Waals surface area contributed by atoms with Gasteiger partial charge < -0.3 is 5.11 Å². The van der Waals surface area contributed by atoms with Gasteiger partial charge in [-0.3, -0.25) is 9.98 Å². The van der Waals surface area contributed by atoms with Crippen molar-refractivity contribution < 1.29 is 9.90 Å². The van der Waals surface area contributed by atoms with E-state index >= 15 is 0 Å². The van der Waals surface area contributed by atoms with Crippen molar-refractivity contribution in [2.24, 2.45) is 9.98 Å². The van der Waals surface area contributed by atoms with Crippen molar-refractivity contribution in [1.82, 2.24) is 0 Å². The van der Waals surface area contributed by atoms with Gasteiger partial charge in [-0.1, -0.05) is 36.5 Å². The Balaban J connectivity index is 1.97. The summed E-state index contributed by atoms with van der Waals surface area (Å²) in [5.41, 5.74) is 1.45. The smallest absolute Gasteiger partial charge is 0.340 e. The highest BCUT2D eigenvalue weighted by molar-refractivity contribution is 6.00. The lowest BCUT2D eigenvalue weighted by molar-refractivity contribution is -0.138. The standard InChI is InChI=1S/C17H14N2O2/c20-16(21)17-10-15(17)8-3-1-2-4-9-18-11-13-6-5-7-14(13)12-19-17/h1-6,8-12H,7H2,(H,20,21)/b2-1+,8-3-,9-4+,18-11?,19-12?/t17-/m1/s1. The number of rotatable bonds is 1. The van der Waals surface area contributed by atoms with Gasteiger partial charge in [0.25, 0.3) is 0 Å². The molecule has 4 nitrogen and oxygen atoms in total. The molecular weight excluding hydrogens is 264 g/mol. The number of carboxylic acids is 1. The molecule has 0 bridgehead atoms. The molecule has 1 heterocycles. The number of carboxylic acid groups (broad SMARTS) is 1. The van der Waals surface area contributed by atoms with Crippen LogP contribution < -0.4 is 0 Å². The predicted molar refractivity (Wildman–Crippen MR) is 83.6 cm³/mol. The SMILES string of the molecule is O=C(O)[C@@]12C=C1\C=C/C=C/C=C/N=CC1=C(C=N2)CC=C1. The Morgan fingerprint density at radius 2 is 2.00 bits per heavy atom. The summed E-state index contributed by atoms with van der Waals surface area (Å²) in [6.45, 7) is 0. The lowest BCUT2D eigenvalue weighted by Crippen LogP contribution is -2.23. The molecule has 4 heteroatoms. The minimum atomic E-state index is -1.19. The van der Waals surface area contributed by atoms with Gasteiger partial charge in [0, 0.05) is 18.6 Å². The quantitative estimate of drug-likeness (QED) is 0.801. The first-order valence-corrected chi connectivity index (χ1v) is 6.67. The van der Waals surface area contributed by atoms with Crippen LogP contribution >= 0.6 is 0 Å². The van der Waals surface area contributed by atoms with Crippen molar-refractivity contribution in [2.75, 3.05) is 0 Å². The van der Waals surface area contributed by atoms with Gasteiger partial charge in [0.1, 0.15) is 0 Å². The van der Waals surface area contributed by atoms with Crippen LogP contribution in [0.4, 0.5) is 0 Å². The molecule has 0 unspecified atom stereocenters. The molecule has 0 amide bonds. The molecule has 2 aliphatic carbocycles. The second-order valence-corrected chi connectivity index (χ2v) is 4.88. The van der Waals surface area contributed by atoms with E-state index in [1.807, 2.05) is 30.4 Å². The number of fused-ring (bicyclic) bond motifs is 1. The monoisotopic (exact) mass is 278 g/mol. The summed E-state index contributed by atoms with van der Waals surface area (Å²) >= 11 is 0. The maximum atomic E-state index is 11.5. The molecule has 3 rings (SSSR count). The fourth-order valence-corrected chi connectivity index (χ4v) is 2.20. The third-order valence-corrected chi connectivity index (χ3v) is 3.47. The number of carbonyl (C=O) groups is 1. The minimum Gasteiger partial charge on any atom is -0.479 e. The summed E-state index contributed by atoms with van der Waals surface area (Å²) in [5, 5.41) is 9.40. The van der Waals surface area contributed by atoms with Gasteiger partial charge in [0.05, 0.1) is 0 Å². The first-order chi connectivity index (χ1) is 10.2.